The standard InChI is InChI=1S/C16H22N6O2.2ClH/c1-11(17)3-8-15(23)20-13-4-6-14(7-5-13)21-16(24)12(2)22-10-18-9-19-22;;/h4-7,9-12H,3,8,17H2,1-2H3,(H,20,23)(H,21,24);2*1H. The molecule has 0 aliphatic carbocycles. The van der Waals surface area contributed by atoms with E-state index in [2.05, 4.69) is 20.7 Å². The van der Waals surface area contributed by atoms with Crippen LogP contribution in [0, 0.1) is 0 Å². The number of carbonyl (C=O) groups excluding carboxylic acids is 2. The molecule has 2 unspecified atom stereocenters. The summed E-state index contributed by atoms with van der Waals surface area (Å²) in [6.45, 7) is 3.60. The maximum atomic E-state index is 12.1. The number of benzene rings is 1. The normalized spacial score (nSPS) is 12.1. The number of aromatic nitrogens is 3. The minimum Gasteiger partial charge on any atom is -0.328 e. The Bertz CT molecular complexity index is 677. The fourth-order valence-electron chi connectivity index (χ4n) is 2.00. The molecule has 1 aromatic carbocycles. The van der Waals surface area contributed by atoms with Crippen molar-refractivity contribution in [1.82, 2.24) is 14.8 Å². The fraction of sp³-hybridized carbons (Fsp3) is 0.375. The summed E-state index contributed by atoms with van der Waals surface area (Å²) >= 11 is 0. The summed E-state index contributed by atoms with van der Waals surface area (Å²) in [5.41, 5.74) is 6.94. The van der Waals surface area contributed by atoms with Gasteiger partial charge in [0.25, 0.3) is 0 Å². The largest absolute Gasteiger partial charge is 0.328 e. The van der Waals surface area contributed by atoms with Gasteiger partial charge >= 0.3 is 0 Å². The van der Waals surface area contributed by atoms with Crippen LogP contribution in [0.1, 0.15) is 32.7 Å². The zero-order valence-corrected chi connectivity index (χ0v) is 16.2. The molecular formula is C16H24Cl2N6O2. The summed E-state index contributed by atoms with van der Waals surface area (Å²) in [4.78, 5) is 27.7. The van der Waals surface area contributed by atoms with Crippen LogP contribution in [0.4, 0.5) is 11.4 Å². The maximum absolute atomic E-state index is 12.1. The Morgan fingerprint density at radius 1 is 1.12 bits per heavy atom. The summed E-state index contributed by atoms with van der Waals surface area (Å²) in [5, 5.41) is 9.53. The van der Waals surface area contributed by atoms with Crippen molar-refractivity contribution < 1.29 is 9.59 Å². The number of hydrogen-bond acceptors (Lipinski definition) is 5. The zero-order valence-electron chi connectivity index (χ0n) is 14.6. The quantitative estimate of drug-likeness (QED) is 0.657. The van der Waals surface area contributed by atoms with Gasteiger partial charge in [0.2, 0.25) is 11.8 Å². The van der Waals surface area contributed by atoms with Crippen molar-refractivity contribution >= 4 is 48.0 Å². The van der Waals surface area contributed by atoms with Crippen LogP contribution in [0.25, 0.3) is 0 Å². The van der Waals surface area contributed by atoms with Gasteiger partial charge in [0, 0.05) is 23.8 Å². The second kappa shape index (κ2) is 11.5. The van der Waals surface area contributed by atoms with Gasteiger partial charge in [-0.3, -0.25) is 9.59 Å². The molecule has 0 saturated carbocycles. The van der Waals surface area contributed by atoms with Crippen molar-refractivity contribution in [1.29, 1.82) is 0 Å². The first-order chi connectivity index (χ1) is 11.5. The van der Waals surface area contributed by atoms with Crippen molar-refractivity contribution in [2.24, 2.45) is 5.73 Å². The number of nitrogens with zero attached hydrogens (tertiary/aromatic N) is 3. The molecule has 26 heavy (non-hydrogen) atoms. The number of hydrogen-bond donors (Lipinski definition) is 3. The molecule has 1 aromatic heterocycles. The van der Waals surface area contributed by atoms with E-state index in [1.807, 2.05) is 6.92 Å². The molecule has 8 nitrogen and oxygen atoms in total. The van der Waals surface area contributed by atoms with E-state index in [4.69, 9.17) is 5.73 Å². The molecule has 2 rings (SSSR count). The van der Waals surface area contributed by atoms with Gasteiger partial charge in [0.05, 0.1) is 0 Å². The number of nitrogens with one attached hydrogen (secondary N) is 2. The third-order valence-corrected chi connectivity index (χ3v) is 3.48. The van der Waals surface area contributed by atoms with Gasteiger partial charge in [0.15, 0.2) is 0 Å². The van der Waals surface area contributed by atoms with Crippen molar-refractivity contribution in [2.45, 2.75) is 38.8 Å². The van der Waals surface area contributed by atoms with Crippen LogP contribution in [0.5, 0.6) is 0 Å². The molecule has 4 N–H and O–H groups in total. The van der Waals surface area contributed by atoms with Crippen LogP contribution in [0.3, 0.4) is 0 Å². The molecule has 0 fully saturated rings. The van der Waals surface area contributed by atoms with Crippen LogP contribution < -0.4 is 16.4 Å². The zero-order chi connectivity index (χ0) is 17.5. The van der Waals surface area contributed by atoms with Gasteiger partial charge in [-0.25, -0.2) is 9.67 Å². The highest BCUT2D eigenvalue weighted by Gasteiger charge is 2.15. The molecule has 2 aromatic rings. The number of nitrogens with two attached hydrogens (primary N) is 1. The van der Waals surface area contributed by atoms with E-state index in [-0.39, 0.29) is 42.7 Å². The van der Waals surface area contributed by atoms with E-state index in [1.165, 1.54) is 17.3 Å². The second-order valence-corrected chi connectivity index (χ2v) is 5.68. The average molecular weight is 403 g/mol. The van der Waals surface area contributed by atoms with Gasteiger partial charge < -0.3 is 16.4 Å². The molecule has 10 heteroatoms. The summed E-state index contributed by atoms with van der Waals surface area (Å²) < 4.78 is 1.47. The Kier molecular flexibility index (Phi) is 10.5. The van der Waals surface area contributed by atoms with E-state index in [0.717, 1.165) is 0 Å². The molecule has 1 heterocycles. The summed E-state index contributed by atoms with van der Waals surface area (Å²) in [6.07, 6.45) is 3.89. The van der Waals surface area contributed by atoms with Crippen LogP contribution in [0.2, 0.25) is 0 Å². The number of rotatable bonds is 7. The van der Waals surface area contributed by atoms with E-state index >= 15 is 0 Å². The predicted molar refractivity (Wildman–Crippen MR) is 106 cm³/mol. The van der Waals surface area contributed by atoms with Gasteiger partial charge in [-0.05, 0) is 44.5 Å². The number of anilines is 2. The SMILES string of the molecule is CC(N)CCC(=O)Nc1ccc(NC(=O)C(C)n2cncn2)cc1.Cl.Cl. The third-order valence-electron chi connectivity index (χ3n) is 3.48. The summed E-state index contributed by atoms with van der Waals surface area (Å²) in [6, 6.07) is 6.46. The van der Waals surface area contributed by atoms with Gasteiger partial charge in [-0.1, -0.05) is 0 Å². The minimum atomic E-state index is -0.467. The number of amides is 2. The Balaban J connectivity index is 0.00000312. The highest BCUT2D eigenvalue weighted by atomic mass is 35.5. The van der Waals surface area contributed by atoms with E-state index < -0.39 is 6.04 Å². The summed E-state index contributed by atoms with van der Waals surface area (Å²) in [5.74, 6) is -0.280. The molecule has 144 valence electrons. The van der Waals surface area contributed by atoms with Crippen molar-refractivity contribution in [2.75, 3.05) is 10.6 Å². The highest BCUT2D eigenvalue weighted by molar-refractivity contribution is 5.94. The molecule has 2 atom stereocenters. The van der Waals surface area contributed by atoms with Crippen molar-refractivity contribution in [3.8, 4) is 0 Å². The molecule has 2 amide bonds. The Labute approximate surface area is 164 Å². The first kappa shape index (κ1) is 23.8. The number of carbonyl (C=O) groups is 2. The van der Waals surface area contributed by atoms with E-state index in [9.17, 15) is 9.59 Å². The van der Waals surface area contributed by atoms with E-state index in [1.54, 1.807) is 31.2 Å². The number of halogens is 2. The van der Waals surface area contributed by atoms with Crippen LogP contribution >= 0.6 is 24.8 Å². The predicted octanol–water partition coefficient (Wildman–Crippen LogP) is 2.39. The average Bonchev–Trinajstić information content (AvgIpc) is 3.08. The minimum absolute atomic E-state index is 0. The second-order valence-electron chi connectivity index (χ2n) is 5.68. The third kappa shape index (κ3) is 7.38. The fourth-order valence-corrected chi connectivity index (χ4v) is 2.00. The highest BCUT2D eigenvalue weighted by Crippen LogP contribution is 2.16. The first-order valence-corrected chi connectivity index (χ1v) is 7.76. The van der Waals surface area contributed by atoms with Crippen molar-refractivity contribution in [3.05, 3.63) is 36.9 Å². The molecule has 0 aliphatic heterocycles. The Hall–Kier alpha value is -2.16. The van der Waals surface area contributed by atoms with Gasteiger partial charge in [-0.15, -0.1) is 24.8 Å². The molecule has 0 bridgehead atoms. The lowest BCUT2D eigenvalue weighted by Crippen LogP contribution is -2.24. The smallest absolute Gasteiger partial charge is 0.249 e. The monoisotopic (exact) mass is 402 g/mol. The summed E-state index contributed by atoms with van der Waals surface area (Å²) in [7, 11) is 0. The Morgan fingerprint density at radius 2 is 1.69 bits per heavy atom. The first-order valence-electron chi connectivity index (χ1n) is 7.76. The van der Waals surface area contributed by atoms with Crippen molar-refractivity contribution in [3.63, 3.8) is 0 Å². The lowest BCUT2D eigenvalue weighted by molar-refractivity contribution is -0.119. The topological polar surface area (TPSA) is 115 Å². The van der Waals surface area contributed by atoms with Crippen LogP contribution in [-0.2, 0) is 9.59 Å². The lowest BCUT2D eigenvalue weighted by Gasteiger charge is -2.12. The maximum Gasteiger partial charge on any atom is 0.249 e. The molecule has 0 saturated heterocycles. The molecular weight excluding hydrogens is 379 g/mol. The van der Waals surface area contributed by atoms with Gasteiger partial charge in [0.1, 0.15) is 18.7 Å². The molecule has 0 spiro atoms. The van der Waals surface area contributed by atoms with Gasteiger partial charge in [-0.2, -0.15) is 5.10 Å². The molecule has 0 radical (unpaired) electrons. The van der Waals surface area contributed by atoms with Crippen LogP contribution in [0.15, 0.2) is 36.9 Å². The van der Waals surface area contributed by atoms with Crippen LogP contribution in [-0.4, -0.2) is 32.6 Å². The van der Waals surface area contributed by atoms with E-state index in [0.29, 0.717) is 24.2 Å². The molecule has 0 aliphatic rings. The lowest BCUT2D eigenvalue weighted by atomic mass is 10.2. The Morgan fingerprint density at radius 3 is 2.19 bits per heavy atom.